The number of likely N-dealkylation sites (tertiary alicyclic amines) is 1. The Kier molecular flexibility index (Phi) is 9.01. The Bertz CT molecular complexity index is 743. The summed E-state index contributed by atoms with van der Waals surface area (Å²) < 4.78 is 0. The van der Waals surface area contributed by atoms with Crippen molar-refractivity contribution < 1.29 is 39.6 Å². The number of hydrogen-bond donors (Lipinski definition) is 4. The largest absolute Gasteiger partial charge is 0.481 e. The van der Waals surface area contributed by atoms with Crippen molar-refractivity contribution in [2.45, 2.75) is 44.2 Å². The summed E-state index contributed by atoms with van der Waals surface area (Å²) in [7, 11) is 0. The van der Waals surface area contributed by atoms with E-state index in [1.807, 2.05) is 48.2 Å². The Labute approximate surface area is 167 Å². The monoisotopic (exact) mass is 407 g/mol. The molecular formula is C20H25NO8. The first kappa shape index (κ1) is 23.8. The van der Waals surface area contributed by atoms with Crippen molar-refractivity contribution in [3.63, 3.8) is 0 Å². The molecule has 29 heavy (non-hydrogen) atoms. The molecule has 0 radical (unpaired) electrons. The molecule has 158 valence electrons. The molecule has 1 heterocycles. The van der Waals surface area contributed by atoms with Gasteiger partial charge in [0.25, 0.3) is 5.91 Å². The van der Waals surface area contributed by atoms with Crippen molar-refractivity contribution in [1.82, 2.24) is 4.90 Å². The van der Waals surface area contributed by atoms with E-state index >= 15 is 0 Å². The molecule has 1 aliphatic heterocycles. The zero-order chi connectivity index (χ0) is 22.0. The zero-order valence-electron chi connectivity index (χ0n) is 16.0. The van der Waals surface area contributed by atoms with Crippen molar-refractivity contribution >= 4 is 23.8 Å². The normalized spacial score (nSPS) is 16.2. The van der Waals surface area contributed by atoms with Gasteiger partial charge in [-0.2, -0.15) is 0 Å². The highest BCUT2D eigenvalue weighted by Gasteiger charge is 2.40. The van der Waals surface area contributed by atoms with Gasteiger partial charge in [0, 0.05) is 12.1 Å². The second-order valence-corrected chi connectivity index (χ2v) is 6.58. The Morgan fingerprint density at radius 2 is 1.62 bits per heavy atom. The summed E-state index contributed by atoms with van der Waals surface area (Å²) in [5, 5.41) is 33.8. The molecule has 1 amide bonds. The Morgan fingerprint density at radius 3 is 2.07 bits per heavy atom. The molecule has 1 saturated heterocycles. The maximum atomic E-state index is 12.2. The van der Waals surface area contributed by atoms with Crippen molar-refractivity contribution in [3.05, 3.63) is 48.0 Å². The lowest BCUT2D eigenvalue weighted by Crippen LogP contribution is -2.42. The van der Waals surface area contributed by atoms with Crippen LogP contribution in [0.1, 0.15) is 43.0 Å². The minimum atomic E-state index is -2.74. The van der Waals surface area contributed by atoms with E-state index in [-0.39, 0.29) is 11.9 Å². The Hall–Kier alpha value is -3.20. The molecule has 0 bridgehead atoms. The topological polar surface area (TPSA) is 152 Å². The van der Waals surface area contributed by atoms with Crippen molar-refractivity contribution in [3.8, 4) is 0 Å². The van der Waals surface area contributed by atoms with Crippen molar-refractivity contribution in [1.29, 1.82) is 0 Å². The fraction of sp³-hybridized carbons (Fsp3) is 0.400. The van der Waals surface area contributed by atoms with Gasteiger partial charge in [0.2, 0.25) is 0 Å². The van der Waals surface area contributed by atoms with Crippen LogP contribution in [0.25, 0.3) is 0 Å². The number of rotatable bonds is 7. The molecule has 2 rings (SSSR count). The molecule has 9 heteroatoms. The van der Waals surface area contributed by atoms with Crippen LogP contribution in [-0.2, 0) is 14.4 Å². The minimum Gasteiger partial charge on any atom is -0.481 e. The quantitative estimate of drug-likeness (QED) is 0.498. The van der Waals surface area contributed by atoms with Gasteiger partial charge in [0.15, 0.2) is 5.60 Å². The molecule has 1 atom stereocenters. The lowest BCUT2D eigenvalue weighted by atomic mass is 9.96. The van der Waals surface area contributed by atoms with Gasteiger partial charge < -0.3 is 25.3 Å². The van der Waals surface area contributed by atoms with E-state index in [1.165, 1.54) is 0 Å². The molecule has 0 aliphatic carbocycles. The zero-order valence-corrected chi connectivity index (χ0v) is 16.0. The SMILES string of the molecule is CC=CC1CCCN1C(=O)c1ccccc1.O=C(O)CC(O)(CC(=O)O)C(=O)O. The first-order valence-electron chi connectivity index (χ1n) is 8.99. The number of nitrogens with zero attached hydrogens (tertiary/aromatic N) is 1. The molecule has 1 aliphatic rings. The van der Waals surface area contributed by atoms with Crippen LogP contribution in [0.15, 0.2) is 42.5 Å². The van der Waals surface area contributed by atoms with E-state index in [0.717, 1.165) is 24.9 Å². The summed E-state index contributed by atoms with van der Waals surface area (Å²) in [6.07, 6.45) is 4.05. The first-order valence-corrected chi connectivity index (χ1v) is 8.99. The van der Waals surface area contributed by atoms with Crippen LogP contribution in [0.2, 0.25) is 0 Å². The predicted molar refractivity (Wildman–Crippen MR) is 102 cm³/mol. The number of hydrogen-bond acceptors (Lipinski definition) is 5. The summed E-state index contributed by atoms with van der Waals surface area (Å²) in [4.78, 5) is 44.7. The van der Waals surface area contributed by atoms with E-state index in [1.54, 1.807) is 0 Å². The molecule has 0 saturated carbocycles. The van der Waals surface area contributed by atoms with Gasteiger partial charge in [0.1, 0.15) is 0 Å². The maximum absolute atomic E-state index is 12.2. The lowest BCUT2D eigenvalue weighted by Gasteiger charge is -2.22. The molecular weight excluding hydrogens is 382 g/mol. The molecule has 1 aromatic carbocycles. The summed E-state index contributed by atoms with van der Waals surface area (Å²) in [5.41, 5.74) is -1.95. The predicted octanol–water partition coefficient (Wildman–Crippen LogP) is 1.62. The van der Waals surface area contributed by atoms with Gasteiger partial charge in [-0.15, -0.1) is 0 Å². The van der Waals surface area contributed by atoms with Crippen LogP contribution in [0.4, 0.5) is 0 Å². The number of carboxylic acid groups (broad SMARTS) is 3. The second-order valence-electron chi connectivity index (χ2n) is 6.58. The maximum Gasteiger partial charge on any atom is 0.336 e. The fourth-order valence-corrected chi connectivity index (χ4v) is 2.93. The molecule has 1 aromatic rings. The van der Waals surface area contributed by atoms with Gasteiger partial charge in [-0.3, -0.25) is 14.4 Å². The second kappa shape index (κ2) is 11.0. The standard InChI is InChI=1S/C14H17NO.C6H8O7/c1-2-7-13-10-6-11-15(13)14(16)12-8-4-3-5-9-12;7-3(8)1-6(13,5(11)12)2-4(9)10/h2-5,7-9,13H,6,10-11H2,1H3;13H,1-2H2,(H,7,8)(H,9,10)(H,11,12). The Morgan fingerprint density at radius 1 is 1.07 bits per heavy atom. The number of aliphatic hydroxyl groups is 1. The van der Waals surface area contributed by atoms with Crippen LogP contribution < -0.4 is 0 Å². The van der Waals surface area contributed by atoms with E-state index < -0.39 is 36.4 Å². The van der Waals surface area contributed by atoms with Crippen LogP contribution in [0.3, 0.4) is 0 Å². The molecule has 9 nitrogen and oxygen atoms in total. The molecule has 0 spiro atoms. The smallest absolute Gasteiger partial charge is 0.336 e. The summed E-state index contributed by atoms with van der Waals surface area (Å²) in [5.74, 6) is -4.86. The summed E-state index contributed by atoms with van der Waals surface area (Å²) in [6, 6.07) is 9.81. The van der Waals surface area contributed by atoms with Crippen LogP contribution >= 0.6 is 0 Å². The van der Waals surface area contributed by atoms with Gasteiger partial charge in [-0.1, -0.05) is 30.4 Å². The summed E-state index contributed by atoms with van der Waals surface area (Å²) >= 11 is 0. The molecule has 1 fully saturated rings. The van der Waals surface area contributed by atoms with Crippen LogP contribution in [0.5, 0.6) is 0 Å². The van der Waals surface area contributed by atoms with Crippen LogP contribution in [0, 0.1) is 0 Å². The number of amides is 1. The van der Waals surface area contributed by atoms with E-state index in [2.05, 4.69) is 6.08 Å². The third-order valence-electron chi connectivity index (χ3n) is 4.28. The van der Waals surface area contributed by atoms with Gasteiger partial charge in [-0.25, -0.2) is 4.79 Å². The Balaban J connectivity index is 0.000000298. The number of benzene rings is 1. The molecule has 1 unspecified atom stereocenters. The summed E-state index contributed by atoms with van der Waals surface area (Å²) in [6.45, 7) is 2.88. The number of carbonyl (C=O) groups excluding carboxylic acids is 1. The highest BCUT2D eigenvalue weighted by Crippen LogP contribution is 2.21. The average molecular weight is 407 g/mol. The lowest BCUT2D eigenvalue weighted by molar-refractivity contribution is -0.170. The van der Waals surface area contributed by atoms with Crippen LogP contribution in [-0.4, -0.2) is 67.3 Å². The first-order chi connectivity index (χ1) is 13.6. The molecule has 0 aromatic heterocycles. The van der Waals surface area contributed by atoms with Gasteiger partial charge in [-0.05, 0) is 31.9 Å². The van der Waals surface area contributed by atoms with Gasteiger partial charge in [0.05, 0.1) is 18.9 Å². The third-order valence-corrected chi connectivity index (χ3v) is 4.28. The van der Waals surface area contributed by atoms with E-state index in [4.69, 9.17) is 20.4 Å². The number of carboxylic acids is 3. The third kappa shape index (κ3) is 7.38. The van der Waals surface area contributed by atoms with E-state index in [0.29, 0.717) is 0 Å². The van der Waals surface area contributed by atoms with Crippen molar-refractivity contribution in [2.75, 3.05) is 6.54 Å². The minimum absolute atomic E-state index is 0.154. The highest BCUT2D eigenvalue weighted by molar-refractivity contribution is 5.94. The van der Waals surface area contributed by atoms with E-state index in [9.17, 15) is 19.2 Å². The number of carbonyl (C=O) groups is 4. The number of allylic oxidation sites excluding steroid dienone is 1. The molecule has 4 N–H and O–H groups in total. The fourth-order valence-electron chi connectivity index (χ4n) is 2.93. The highest BCUT2D eigenvalue weighted by atomic mass is 16.4. The van der Waals surface area contributed by atoms with Crippen molar-refractivity contribution in [2.24, 2.45) is 0 Å². The van der Waals surface area contributed by atoms with Gasteiger partial charge >= 0.3 is 17.9 Å². The average Bonchev–Trinajstić information content (AvgIpc) is 3.09. The number of aliphatic carboxylic acids is 3.